The lowest BCUT2D eigenvalue weighted by atomic mass is 9.88. The van der Waals surface area contributed by atoms with Crippen molar-refractivity contribution >= 4 is 5.91 Å². The van der Waals surface area contributed by atoms with Gasteiger partial charge in [-0.1, -0.05) is 11.6 Å². The van der Waals surface area contributed by atoms with Gasteiger partial charge in [-0.25, -0.2) is 0 Å². The van der Waals surface area contributed by atoms with Gasteiger partial charge in [0.2, 0.25) is 0 Å². The van der Waals surface area contributed by atoms with Crippen LogP contribution in [0.2, 0.25) is 0 Å². The van der Waals surface area contributed by atoms with E-state index < -0.39 is 11.4 Å². The zero-order valence-corrected chi connectivity index (χ0v) is 11.8. The molecule has 1 aliphatic rings. The van der Waals surface area contributed by atoms with Crippen molar-refractivity contribution in [3.63, 3.8) is 0 Å². The molecule has 1 fully saturated rings. The second-order valence-corrected chi connectivity index (χ2v) is 5.47. The third kappa shape index (κ3) is 2.91. The van der Waals surface area contributed by atoms with Crippen molar-refractivity contribution in [1.29, 1.82) is 5.26 Å². The third-order valence-electron chi connectivity index (χ3n) is 3.80. The number of carbonyl (C=O) groups is 1. The van der Waals surface area contributed by atoms with Crippen LogP contribution < -0.4 is 5.32 Å². The van der Waals surface area contributed by atoms with E-state index >= 15 is 0 Å². The molecule has 0 saturated carbocycles. The topological polar surface area (TPSA) is 76.4 Å². The summed E-state index contributed by atoms with van der Waals surface area (Å²) in [6.45, 7) is 3.40. The number of aromatic hydroxyl groups is 1. The van der Waals surface area contributed by atoms with Gasteiger partial charge in [-0.3, -0.25) is 4.79 Å². The van der Waals surface area contributed by atoms with E-state index in [0.717, 1.165) is 18.7 Å². The Morgan fingerprint density at radius 2 is 2.10 bits per heavy atom. The Kier molecular flexibility index (Phi) is 3.96. The number of rotatable bonds is 2. The van der Waals surface area contributed by atoms with E-state index in [9.17, 15) is 15.2 Å². The maximum atomic E-state index is 12.3. The van der Waals surface area contributed by atoms with E-state index in [0.29, 0.717) is 12.8 Å². The molecule has 106 valence electrons. The molecule has 1 aromatic carbocycles. The number of nitrogens with zero attached hydrogens (tertiary/aromatic N) is 2. The Morgan fingerprint density at radius 1 is 1.45 bits per heavy atom. The Labute approximate surface area is 118 Å². The minimum absolute atomic E-state index is 0.0610. The van der Waals surface area contributed by atoms with Gasteiger partial charge in [0.1, 0.15) is 11.3 Å². The number of benzene rings is 1. The molecule has 0 unspecified atom stereocenters. The average molecular weight is 273 g/mol. The molecule has 5 heteroatoms. The van der Waals surface area contributed by atoms with Crippen molar-refractivity contribution in [2.24, 2.45) is 0 Å². The van der Waals surface area contributed by atoms with Crippen molar-refractivity contribution in [3.8, 4) is 11.8 Å². The molecular weight excluding hydrogens is 254 g/mol. The molecular formula is C15H19N3O2. The summed E-state index contributed by atoms with van der Waals surface area (Å²) in [5.41, 5.74) is 0.278. The monoisotopic (exact) mass is 273 g/mol. The summed E-state index contributed by atoms with van der Waals surface area (Å²) in [5.74, 6) is -0.452. The molecule has 1 heterocycles. The number of likely N-dealkylation sites (tertiary alicyclic amines) is 1. The van der Waals surface area contributed by atoms with Crippen molar-refractivity contribution < 1.29 is 9.90 Å². The van der Waals surface area contributed by atoms with Crippen LogP contribution in [0.25, 0.3) is 0 Å². The zero-order chi connectivity index (χ0) is 14.8. The summed E-state index contributed by atoms with van der Waals surface area (Å²) in [5, 5.41) is 22.0. The lowest BCUT2D eigenvalue weighted by Crippen LogP contribution is -2.53. The Hall–Kier alpha value is -2.06. The van der Waals surface area contributed by atoms with Crippen molar-refractivity contribution in [2.75, 3.05) is 20.1 Å². The predicted octanol–water partition coefficient (Wildman–Crippen LogP) is 1.42. The largest absolute Gasteiger partial charge is 0.507 e. The number of nitriles is 1. The highest BCUT2D eigenvalue weighted by Crippen LogP contribution is 2.24. The van der Waals surface area contributed by atoms with Gasteiger partial charge in [-0.2, -0.15) is 5.26 Å². The molecule has 0 atom stereocenters. The number of phenolic OH excluding ortho intramolecular Hbond substituents is 1. The minimum Gasteiger partial charge on any atom is -0.507 e. The fraction of sp³-hybridized carbons (Fsp3) is 0.467. The quantitative estimate of drug-likeness (QED) is 0.854. The average Bonchev–Trinajstić information content (AvgIpc) is 2.44. The summed E-state index contributed by atoms with van der Waals surface area (Å²) in [7, 11) is 2.00. The molecule has 0 radical (unpaired) electrons. The number of piperidine rings is 1. The first kappa shape index (κ1) is 14.4. The van der Waals surface area contributed by atoms with Crippen LogP contribution in [0.4, 0.5) is 0 Å². The smallest absolute Gasteiger partial charge is 0.256 e. The molecule has 2 N–H and O–H groups in total. The van der Waals surface area contributed by atoms with E-state index in [2.05, 4.69) is 16.3 Å². The molecule has 1 aliphatic heterocycles. The highest BCUT2D eigenvalue weighted by molar-refractivity contribution is 5.97. The first-order chi connectivity index (χ1) is 9.46. The second kappa shape index (κ2) is 5.51. The molecule has 0 aliphatic carbocycles. The summed E-state index contributed by atoms with van der Waals surface area (Å²) >= 11 is 0. The van der Waals surface area contributed by atoms with Crippen LogP contribution >= 0.6 is 0 Å². The van der Waals surface area contributed by atoms with Crippen molar-refractivity contribution in [1.82, 2.24) is 10.2 Å². The lowest BCUT2D eigenvalue weighted by Gasteiger charge is -2.36. The van der Waals surface area contributed by atoms with E-state index in [1.54, 1.807) is 12.1 Å². The van der Waals surface area contributed by atoms with Gasteiger partial charge in [0, 0.05) is 13.1 Å². The first-order valence-corrected chi connectivity index (χ1v) is 6.68. The highest BCUT2D eigenvalue weighted by Gasteiger charge is 2.35. The number of carbonyl (C=O) groups excluding carboxylic acids is 1. The standard InChI is InChI=1S/C15H19N3O2/c1-11-3-4-13(19)12(9-11)14(20)17-15(10-16)5-7-18(2)8-6-15/h3-4,9,19H,5-8H2,1-2H3,(H,17,20). The van der Waals surface area contributed by atoms with Crippen LogP contribution in [0.1, 0.15) is 28.8 Å². The van der Waals surface area contributed by atoms with E-state index in [1.165, 1.54) is 6.07 Å². The van der Waals surface area contributed by atoms with Crippen LogP contribution in [-0.2, 0) is 0 Å². The Bertz CT molecular complexity index is 555. The maximum absolute atomic E-state index is 12.3. The number of amides is 1. The molecule has 5 nitrogen and oxygen atoms in total. The van der Waals surface area contributed by atoms with Gasteiger partial charge in [-0.05, 0) is 38.9 Å². The van der Waals surface area contributed by atoms with Gasteiger partial charge in [0.15, 0.2) is 0 Å². The van der Waals surface area contributed by atoms with Gasteiger partial charge < -0.3 is 15.3 Å². The molecule has 1 amide bonds. The fourth-order valence-corrected chi connectivity index (χ4v) is 2.38. The van der Waals surface area contributed by atoms with Crippen LogP contribution in [0.5, 0.6) is 5.75 Å². The summed E-state index contributed by atoms with van der Waals surface area (Å²) < 4.78 is 0. The van der Waals surface area contributed by atoms with E-state index in [-0.39, 0.29) is 11.3 Å². The lowest BCUT2D eigenvalue weighted by molar-refractivity contribution is 0.0879. The molecule has 2 rings (SSSR count). The van der Waals surface area contributed by atoms with Gasteiger partial charge in [0.05, 0.1) is 11.6 Å². The number of aryl methyl sites for hydroxylation is 1. The summed E-state index contributed by atoms with van der Waals surface area (Å²) in [6, 6.07) is 7.10. The highest BCUT2D eigenvalue weighted by atomic mass is 16.3. The van der Waals surface area contributed by atoms with Gasteiger partial charge in [0.25, 0.3) is 5.91 Å². The molecule has 0 spiro atoms. The summed E-state index contributed by atoms with van der Waals surface area (Å²) in [4.78, 5) is 14.4. The first-order valence-electron chi connectivity index (χ1n) is 6.68. The number of hydrogen-bond acceptors (Lipinski definition) is 4. The van der Waals surface area contributed by atoms with Gasteiger partial charge in [-0.15, -0.1) is 0 Å². The van der Waals surface area contributed by atoms with Crippen LogP contribution in [0.3, 0.4) is 0 Å². The van der Waals surface area contributed by atoms with Crippen molar-refractivity contribution in [3.05, 3.63) is 29.3 Å². The molecule has 0 aromatic heterocycles. The minimum atomic E-state index is -0.834. The van der Waals surface area contributed by atoms with Crippen molar-refractivity contribution in [2.45, 2.75) is 25.3 Å². The van der Waals surface area contributed by atoms with E-state index in [1.807, 2.05) is 14.0 Å². The van der Waals surface area contributed by atoms with E-state index in [4.69, 9.17) is 0 Å². The number of nitrogens with one attached hydrogen (secondary N) is 1. The molecule has 1 aromatic rings. The SMILES string of the molecule is Cc1ccc(O)c(C(=O)NC2(C#N)CCN(C)CC2)c1. The summed E-state index contributed by atoms with van der Waals surface area (Å²) in [6.07, 6.45) is 1.19. The molecule has 0 bridgehead atoms. The van der Waals surface area contributed by atoms with Gasteiger partial charge >= 0.3 is 0 Å². The Balaban J connectivity index is 2.18. The van der Waals surface area contributed by atoms with Crippen LogP contribution in [0.15, 0.2) is 18.2 Å². The van der Waals surface area contributed by atoms with Crippen LogP contribution in [0, 0.1) is 18.3 Å². The number of phenols is 1. The predicted molar refractivity (Wildman–Crippen MR) is 75.4 cm³/mol. The maximum Gasteiger partial charge on any atom is 0.256 e. The zero-order valence-electron chi connectivity index (χ0n) is 11.8. The normalized spacial score (nSPS) is 18.2. The van der Waals surface area contributed by atoms with Crippen LogP contribution in [-0.4, -0.2) is 41.6 Å². The third-order valence-corrected chi connectivity index (χ3v) is 3.80. The Morgan fingerprint density at radius 3 is 2.70 bits per heavy atom. The fourth-order valence-electron chi connectivity index (χ4n) is 2.38. The number of hydrogen-bond donors (Lipinski definition) is 2. The second-order valence-electron chi connectivity index (χ2n) is 5.47. The molecule has 20 heavy (non-hydrogen) atoms. The molecule has 1 saturated heterocycles.